The number of rotatable bonds is 4. The van der Waals surface area contributed by atoms with Crippen LogP contribution in [0.1, 0.15) is 17.0 Å². The number of fused-ring (bicyclic) bond motifs is 1. The fourth-order valence-corrected chi connectivity index (χ4v) is 2.90. The van der Waals surface area contributed by atoms with E-state index in [1.165, 1.54) is 6.08 Å². The van der Waals surface area contributed by atoms with E-state index in [2.05, 4.69) is 5.10 Å². The lowest BCUT2D eigenvalue weighted by atomic mass is 10.0. The van der Waals surface area contributed by atoms with E-state index in [9.17, 15) is 4.79 Å². The Hall–Kier alpha value is -2.10. The van der Waals surface area contributed by atoms with Gasteiger partial charge in [-0.3, -0.25) is 4.79 Å². The van der Waals surface area contributed by atoms with Gasteiger partial charge in [0, 0.05) is 17.3 Å². The number of ketones is 1. The molecule has 0 spiro atoms. The Bertz CT molecular complexity index is 936. The highest BCUT2D eigenvalue weighted by Gasteiger charge is 2.16. The molecule has 0 bridgehead atoms. The van der Waals surface area contributed by atoms with Crippen molar-refractivity contribution < 1.29 is 4.79 Å². The zero-order valence-corrected chi connectivity index (χ0v) is 14.8. The fraction of sp³-hybridized carbons (Fsp3) is 0.158. The molecule has 0 aliphatic carbocycles. The Morgan fingerprint density at radius 2 is 1.83 bits per heavy atom. The summed E-state index contributed by atoms with van der Waals surface area (Å²) in [6, 6.07) is 15.9. The zero-order chi connectivity index (χ0) is 17.3. The van der Waals surface area contributed by atoms with Gasteiger partial charge in [0.1, 0.15) is 0 Å². The molecule has 5 heteroatoms. The van der Waals surface area contributed by atoms with Crippen LogP contribution in [0.4, 0.5) is 0 Å². The maximum Gasteiger partial charge on any atom is 0.190 e. The molecule has 3 aromatic rings. The molecule has 1 aromatic heterocycles. The average Bonchev–Trinajstić information content (AvgIpc) is 2.90. The number of benzene rings is 2. The lowest BCUT2D eigenvalue weighted by molar-refractivity contribution is -0.113. The van der Waals surface area contributed by atoms with Crippen LogP contribution in [0.15, 0.2) is 54.6 Å². The number of aromatic nitrogens is 2. The van der Waals surface area contributed by atoms with Crippen LogP contribution < -0.4 is 0 Å². The van der Waals surface area contributed by atoms with E-state index < -0.39 is 4.84 Å². The molecule has 24 heavy (non-hydrogen) atoms. The van der Waals surface area contributed by atoms with Crippen LogP contribution in [0.2, 0.25) is 0 Å². The molecule has 3 rings (SSSR count). The second-order valence-corrected chi connectivity index (χ2v) is 6.69. The maximum atomic E-state index is 12.2. The van der Waals surface area contributed by atoms with E-state index in [-0.39, 0.29) is 5.78 Å². The number of carbonyl (C=O) groups is 1. The summed E-state index contributed by atoms with van der Waals surface area (Å²) in [5.74, 6) is -0.367. The summed E-state index contributed by atoms with van der Waals surface area (Å²) in [5, 5.41) is 6.64. The molecule has 0 unspecified atom stereocenters. The third-order valence-electron chi connectivity index (χ3n) is 3.80. The molecule has 1 heterocycles. The number of hydrogen-bond donors (Lipinski definition) is 0. The molecule has 0 fully saturated rings. The number of allylic oxidation sites excluding steroid dienone is 1. The highest BCUT2D eigenvalue weighted by molar-refractivity contribution is 6.55. The van der Waals surface area contributed by atoms with Crippen molar-refractivity contribution >= 4 is 45.5 Å². The number of halogens is 2. The van der Waals surface area contributed by atoms with Gasteiger partial charge in [0.05, 0.1) is 11.4 Å². The molecule has 0 saturated carbocycles. The van der Waals surface area contributed by atoms with Gasteiger partial charge < -0.3 is 0 Å². The lowest BCUT2D eigenvalue weighted by Crippen LogP contribution is -2.10. The van der Waals surface area contributed by atoms with Crippen LogP contribution in [0, 0.1) is 13.8 Å². The summed E-state index contributed by atoms with van der Waals surface area (Å²) in [6.45, 7) is 3.86. The summed E-state index contributed by atoms with van der Waals surface area (Å²) in [7, 11) is 0. The van der Waals surface area contributed by atoms with Crippen molar-refractivity contribution in [1.29, 1.82) is 0 Å². The van der Waals surface area contributed by atoms with Crippen molar-refractivity contribution in [1.82, 2.24) is 9.78 Å². The molecule has 0 radical (unpaired) electrons. The summed E-state index contributed by atoms with van der Waals surface area (Å²) in [5.41, 5.74) is 3.37. The van der Waals surface area contributed by atoms with Crippen LogP contribution in [0.25, 0.3) is 16.5 Å². The van der Waals surface area contributed by atoms with Crippen molar-refractivity contribution in [2.75, 3.05) is 0 Å². The largest absolute Gasteiger partial charge is 0.292 e. The highest BCUT2D eigenvalue weighted by Crippen LogP contribution is 2.27. The van der Waals surface area contributed by atoms with Gasteiger partial charge >= 0.3 is 0 Å². The number of carbonyl (C=O) groups excluding carboxylic acids is 1. The standard InChI is InChI=1S/C19H16Cl2N2O/c1-12-10-13(2)23(22-12)17(11-18(24)19(20)21)16-9-5-7-14-6-3-4-8-15(14)16/h3-11,19H,1-2H3. The van der Waals surface area contributed by atoms with Crippen LogP contribution in [-0.2, 0) is 4.79 Å². The molecule has 0 saturated heterocycles. The summed E-state index contributed by atoms with van der Waals surface area (Å²) in [6.07, 6.45) is 1.46. The molecule has 0 N–H and O–H groups in total. The van der Waals surface area contributed by atoms with E-state index in [0.717, 1.165) is 27.7 Å². The van der Waals surface area contributed by atoms with Crippen molar-refractivity contribution in [2.45, 2.75) is 18.7 Å². The van der Waals surface area contributed by atoms with Gasteiger partial charge in [0.25, 0.3) is 0 Å². The predicted octanol–water partition coefficient (Wildman–Crippen LogP) is 4.92. The molecule has 0 aliphatic rings. The Morgan fingerprint density at radius 1 is 1.12 bits per heavy atom. The smallest absolute Gasteiger partial charge is 0.190 e. The van der Waals surface area contributed by atoms with E-state index in [1.54, 1.807) is 4.68 Å². The molecule has 0 atom stereocenters. The second-order valence-electron chi connectivity index (χ2n) is 5.60. The summed E-state index contributed by atoms with van der Waals surface area (Å²) in [4.78, 5) is 11.1. The molecule has 0 amide bonds. The van der Waals surface area contributed by atoms with Gasteiger partial charge in [-0.15, -0.1) is 0 Å². The molecular formula is C19H16Cl2N2O. The molecular weight excluding hydrogens is 343 g/mol. The van der Waals surface area contributed by atoms with Gasteiger partial charge in [-0.25, -0.2) is 4.68 Å². The topological polar surface area (TPSA) is 34.9 Å². The number of hydrogen-bond acceptors (Lipinski definition) is 2. The van der Waals surface area contributed by atoms with E-state index in [1.807, 2.05) is 62.4 Å². The number of alkyl halides is 2. The van der Waals surface area contributed by atoms with E-state index in [4.69, 9.17) is 23.2 Å². The first kappa shape index (κ1) is 16.7. The first-order valence-corrected chi connectivity index (χ1v) is 8.40. The van der Waals surface area contributed by atoms with E-state index in [0.29, 0.717) is 5.70 Å². The van der Waals surface area contributed by atoms with Crippen molar-refractivity contribution in [3.8, 4) is 0 Å². The Morgan fingerprint density at radius 3 is 2.50 bits per heavy atom. The van der Waals surface area contributed by atoms with Crippen molar-refractivity contribution in [2.24, 2.45) is 0 Å². The zero-order valence-electron chi connectivity index (χ0n) is 13.3. The first-order chi connectivity index (χ1) is 11.5. The maximum absolute atomic E-state index is 12.2. The first-order valence-electron chi connectivity index (χ1n) is 7.53. The van der Waals surface area contributed by atoms with Crippen LogP contribution in [-0.4, -0.2) is 20.4 Å². The molecule has 2 aromatic carbocycles. The number of aryl methyl sites for hydroxylation is 2. The fourth-order valence-electron chi connectivity index (χ4n) is 2.77. The van der Waals surface area contributed by atoms with Crippen LogP contribution in [0.3, 0.4) is 0 Å². The van der Waals surface area contributed by atoms with Gasteiger partial charge in [-0.05, 0) is 30.7 Å². The Labute approximate surface area is 150 Å². The monoisotopic (exact) mass is 358 g/mol. The molecule has 122 valence electrons. The minimum Gasteiger partial charge on any atom is -0.292 e. The van der Waals surface area contributed by atoms with Gasteiger partial charge in [-0.2, -0.15) is 5.10 Å². The van der Waals surface area contributed by atoms with Crippen molar-refractivity contribution in [3.05, 3.63) is 71.6 Å². The molecule has 0 aliphatic heterocycles. The number of nitrogens with zero attached hydrogens (tertiary/aromatic N) is 2. The minimum atomic E-state index is -1.10. The quantitative estimate of drug-likeness (QED) is 0.490. The van der Waals surface area contributed by atoms with Gasteiger partial charge in [0.15, 0.2) is 10.6 Å². The third kappa shape index (κ3) is 3.23. The highest BCUT2D eigenvalue weighted by atomic mass is 35.5. The van der Waals surface area contributed by atoms with Crippen molar-refractivity contribution in [3.63, 3.8) is 0 Å². The third-order valence-corrected chi connectivity index (χ3v) is 4.23. The normalized spacial score (nSPS) is 12.1. The van der Waals surface area contributed by atoms with Crippen LogP contribution >= 0.6 is 23.2 Å². The van der Waals surface area contributed by atoms with Crippen LogP contribution in [0.5, 0.6) is 0 Å². The second kappa shape index (κ2) is 6.80. The van der Waals surface area contributed by atoms with Gasteiger partial charge in [-0.1, -0.05) is 65.7 Å². The minimum absolute atomic E-state index is 0.367. The molecule has 3 nitrogen and oxygen atoms in total. The lowest BCUT2D eigenvalue weighted by Gasteiger charge is -2.13. The Balaban J connectivity index is 2.28. The summed E-state index contributed by atoms with van der Waals surface area (Å²) >= 11 is 11.5. The predicted molar refractivity (Wildman–Crippen MR) is 99.5 cm³/mol. The van der Waals surface area contributed by atoms with Gasteiger partial charge in [0.2, 0.25) is 0 Å². The Kier molecular flexibility index (Phi) is 4.74. The average molecular weight is 359 g/mol. The van der Waals surface area contributed by atoms with E-state index >= 15 is 0 Å². The summed E-state index contributed by atoms with van der Waals surface area (Å²) < 4.78 is 1.76. The SMILES string of the molecule is Cc1cc(C)n(C(=CC(=O)C(Cl)Cl)c2cccc3ccccc23)n1.